The van der Waals surface area contributed by atoms with Crippen LogP contribution in [-0.2, 0) is 6.54 Å². The minimum absolute atomic E-state index is 0.0355. The van der Waals surface area contributed by atoms with Crippen molar-refractivity contribution in [1.82, 2.24) is 15.1 Å². The van der Waals surface area contributed by atoms with Crippen LogP contribution in [0.3, 0.4) is 0 Å². The van der Waals surface area contributed by atoms with E-state index in [1.807, 2.05) is 18.2 Å². The van der Waals surface area contributed by atoms with Crippen molar-refractivity contribution in [3.63, 3.8) is 0 Å². The lowest BCUT2D eigenvalue weighted by atomic mass is 9.79. The van der Waals surface area contributed by atoms with Crippen molar-refractivity contribution in [2.24, 2.45) is 0 Å². The molecule has 1 saturated carbocycles. The van der Waals surface area contributed by atoms with Gasteiger partial charge in [-0.2, -0.15) is 5.10 Å². The van der Waals surface area contributed by atoms with E-state index in [0.717, 1.165) is 12.8 Å². The molecule has 1 N–H and O–H groups in total. The van der Waals surface area contributed by atoms with Crippen molar-refractivity contribution in [2.45, 2.75) is 31.7 Å². The van der Waals surface area contributed by atoms with Crippen LogP contribution >= 0.6 is 0 Å². The standard InChI is InChI=1S/C21H17N3O3/c25-19-14-9-8-13(12-4-3-5-12)10-17(14)18(22-23-19)11-24-20(26)15-6-1-2-7-16(15)21(24)27/h1-2,6-10,12H,3-5,11H2,(H,23,25). The summed E-state index contributed by atoms with van der Waals surface area (Å²) in [7, 11) is 0. The highest BCUT2D eigenvalue weighted by molar-refractivity contribution is 6.21. The van der Waals surface area contributed by atoms with Crippen LogP contribution in [0.2, 0.25) is 0 Å². The van der Waals surface area contributed by atoms with E-state index in [1.165, 1.54) is 16.9 Å². The zero-order valence-corrected chi connectivity index (χ0v) is 14.6. The van der Waals surface area contributed by atoms with Crippen LogP contribution in [0.4, 0.5) is 0 Å². The highest BCUT2D eigenvalue weighted by Gasteiger charge is 2.35. The zero-order valence-electron chi connectivity index (χ0n) is 14.6. The molecule has 2 amide bonds. The quantitative estimate of drug-likeness (QED) is 0.729. The predicted molar refractivity (Wildman–Crippen MR) is 99.6 cm³/mol. The van der Waals surface area contributed by atoms with E-state index in [0.29, 0.717) is 33.5 Å². The molecule has 0 atom stereocenters. The van der Waals surface area contributed by atoms with Gasteiger partial charge in [0, 0.05) is 5.39 Å². The Balaban J connectivity index is 1.57. The first-order valence-electron chi connectivity index (χ1n) is 9.10. The predicted octanol–water partition coefficient (Wildman–Crippen LogP) is 2.99. The summed E-state index contributed by atoms with van der Waals surface area (Å²) in [5, 5.41) is 7.89. The number of fused-ring (bicyclic) bond motifs is 2. The minimum atomic E-state index is -0.327. The number of benzene rings is 2. The largest absolute Gasteiger partial charge is 0.272 e. The first kappa shape index (κ1) is 15.9. The number of aromatic amines is 1. The van der Waals surface area contributed by atoms with Gasteiger partial charge < -0.3 is 0 Å². The molecule has 1 aliphatic heterocycles. The second-order valence-corrected chi connectivity index (χ2v) is 7.17. The Morgan fingerprint density at radius 1 is 0.963 bits per heavy atom. The molecule has 3 aromatic rings. The lowest BCUT2D eigenvalue weighted by Crippen LogP contribution is -2.30. The van der Waals surface area contributed by atoms with E-state index in [4.69, 9.17) is 0 Å². The summed E-state index contributed by atoms with van der Waals surface area (Å²) in [4.78, 5) is 38.7. The molecule has 2 aliphatic rings. The number of nitrogens with one attached hydrogen (secondary N) is 1. The number of carbonyl (C=O) groups excluding carboxylic acids is 2. The van der Waals surface area contributed by atoms with Crippen molar-refractivity contribution in [3.8, 4) is 0 Å². The van der Waals surface area contributed by atoms with Gasteiger partial charge in [0.25, 0.3) is 17.4 Å². The third-order valence-corrected chi connectivity index (χ3v) is 5.65. The smallest absolute Gasteiger partial charge is 0.269 e. The van der Waals surface area contributed by atoms with Gasteiger partial charge in [-0.3, -0.25) is 19.3 Å². The highest BCUT2D eigenvalue weighted by Crippen LogP contribution is 2.37. The molecule has 2 aromatic carbocycles. The highest BCUT2D eigenvalue weighted by atomic mass is 16.2. The van der Waals surface area contributed by atoms with Crippen LogP contribution in [-0.4, -0.2) is 26.9 Å². The Kier molecular flexibility index (Phi) is 3.47. The maximum Gasteiger partial charge on any atom is 0.272 e. The minimum Gasteiger partial charge on any atom is -0.269 e. The molecule has 5 rings (SSSR count). The van der Waals surface area contributed by atoms with E-state index >= 15 is 0 Å². The number of H-pyrrole nitrogens is 1. The molecule has 0 unspecified atom stereocenters. The number of rotatable bonds is 3. The zero-order chi connectivity index (χ0) is 18.5. The van der Waals surface area contributed by atoms with E-state index in [1.54, 1.807) is 24.3 Å². The Labute approximate surface area is 154 Å². The van der Waals surface area contributed by atoms with Crippen LogP contribution in [0.25, 0.3) is 10.8 Å². The number of nitrogens with zero attached hydrogens (tertiary/aromatic N) is 2. The number of imide groups is 1. The van der Waals surface area contributed by atoms with Crippen LogP contribution in [0.5, 0.6) is 0 Å². The fourth-order valence-corrected chi connectivity index (χ4v) is 3.89. The van der Waals surface area contributed by atoms with Gasteiger partial charge >= 0.3 is 0 Å². The van der Waals surface area contributed by atoms with Gasteiger partial charge in [0.2, 0.25) is 0 Å². The van der Waals surface area contributed by atoms with Crippen molar-refractivity contribution < 1.29 is 9.59 Å². The number of carbonyl (C=O) groups is 2. The molecule has 1 aromatic heterocycles. The first-order valence-corrected chi connectivity index (χ1v) is 9.10. The molecular formula is C21H17N3O3. The molecule has 1 aliphatic carbocycles. The summed E-state index contributed by atoms with van der Waals surface area (Å²) >= 11 is 0. The van der Waals surface area contributed by atoms with Gasteiger partial charge in [-0.25, -0.2) is 5.10 Å². The summed E-state index contributed by atoms with van der Waals surface area (Å²) in [6, 6.07) is 12.6. The molecule has 134 valence electrons. The van der Waals surface area contributed by atoms with Crippen LogP contribution < -0.4 is 5.56 Å². The summed E-state index contributed by atoms with van der Waals surface area (Å²) in [6.07, 6.45) is 3.52. The normalized spacial score (nSPS) is 16.7. The topological polar surface area (TPSA) is 83.1 Å². The summed E-state index contributed by atoms with van der Waals surface area (Å²) < 4.78 is 0. The SMILES string of the molecule is O=C1c2ccccc2C(=O)N1Cc1n[nH]c(=O)c2ccc(C3CCC3)cc12. The number of hydrogen-bond acceptors (Lipinski definition) is 4. The van der Waals surface area contributed by atoms with Crippen molar-refractivity contribution in [3.05, 3.63) is 75.2 Å². The number of hydrogen-bond donors (Lipinski definition) is 1. The third kappa shape index (κ3) is 2.40. The second-order valence-electron chi connectivity index (χ2n) is 7.17. The average Bonchev–Trinajstić information content (AvgIpc) is 2.88. The molecule has 6 heteroatoms. The van der Waals surface area contributed by atoms with Gasteiger partial charge in [-0.15, -0.1) is 0 Å². The Bertz CT molecular complexity index is 1130. The van der Waals surface area contributed by atoms with E-state index in [2.05, 4.69) is 10.2 Å². The number of aromatic nitrogens is 2. The molecule has 0 bridgehead atoms. The fraction of sp³-hybridized carbons (Fsp3) is 0.238. The van der Waals surface area contributed by atoms with Crippen molar-refractivity contribution in [1.29, 1.82) is 0 Å². The fourth-order valence-electron chi connectivity index (χ4n) is 3.89. The summed E-state index contributed by atoms with van der Waals surface area (Å²) in [6.45, 7) is 0.0355. The van der Waals surface area contributed by atoms with Crippen molar-refractivity contribution >= 4 is 22.6 Å². The van der Waals surface area contributed by atoms with Gasteiger partial charge in [0.15, 0.2) is 0 Å². The molecule has 0 saturated heterocycles. The molecule has 0 radical (unpaired) electrons. The number of amides is 2. The molecule has 27 heavy (non-hydrogen) atoms. The third-order valence-electron chi connectivity index (χ3n) is 5.65. The maximum absolute atomic E-state index is 12.7. The Hall–Kier alpha value is -3.28. The molecular weight excluding hydrogens is 342 g/mol. The van der Waals surface area contributed by atoms with Gasteiger partial charge in [0.05, 0.1) is 28.8 Å². The summed E-state index contributed by atoms with van der Waals surface area (Å²) in [5.74, 6) is -0.139. The Morgan fingerprint density at radius 3 is 2.30 bits per heavy atom. The van der Waals surface area contributed by atoms with Crippen molar-refractivity contribution in [2.75, 3.05) is 0 Å². The van der Waals surface area contributed by atoms with E-state index in [9.17, 15) is 14.4 Å². The van der Waals surface area contributed by atoms with Crippen LogP contribution in [0.1, 0.15) is 57.2 Å². The van der Waals surface area contributed by atoms with Gasteiger partial charge in [0.1, 0.15) is 0 Å². The van der Waals surface area contributed by atoms with Gasteiger partial charge in [-0.05, 0) is 48.6 Å². The molecule has 6 nitrogen and oxygen atoms in total. The molecule has 0 spiro atoms. The van der Waals surface area contributed by atoms with E-state index in [-0.39, 0.29) is 23.9 Å². The monoisotopic (exact) mass is 359 g/mol. The molecule has 2 heterocycles. The average molecular weight is 359 g/mol. The maximum atomic E-state index is 12.7. The van der Waals surface area contributed by atoms with Crippen LogP contribution in [0.15, 0.2) is 47.3 Å². The molecule has 1 fully saturated rings. The first-order chi connectivity index (χ1) is 13.1. The summed E-state index contributed by atoms with van der Waals surface area (Å²) in [5.41, 5.74) is 2.26. The van der Waals surface area contributed by atoms with Gasteiger partial charge in [-0.1, -0.05) is 24.6 Å². The lowest BCUT2D eigenvalue weighted by molar-refractivity contribution is 0.0641. The second kappa shape index (κ2) is 5.87. The Morgan fingerprint density at radius 2 is 1.67 bits per heavy atom. The van der Waals surface area contributed by atoms with E-state index < -0.39 is 0 Å². The van der Waals surface area contributed by atoms with Crippen LogP contribution in [0, 0.1) is 0 Å². The lowest BCUT2D eigenvalue weighted by Gasteiger charge is -2.26.